The molecule has 2 amide bonds. The predicted octanol–water partition coefficient (Wildman–Crippen LogP) is 3.76. The number of halogens is 1. The molecule has 0 unspecified atom stereocenters. The number of nitrogens with one attached hydrogen (secondary N) is 1. The van der Waals surface area contributed by atoms with E-state index in [4.69, 9.17) is 16.3 Å². The number of carbonyl (C=O) groups excluding carboxylic acids is 2. The lowest BCUT2D eigenvalue weighted by Crippen LogP contribution is -2.51. The van der Waals surface area contributed by atoms with E-state index in [0.717, 1.165) is 34.5 Å². The quantitative estimate of drug-likeness (QED) is 0.427. The summed E-state index contributed by atoms with van der Waals surface area (Å²) in [6.07, 6.45) is 2.75. The van der Waals surface area contributed by atoms with Gasteiger partial charge in [0.2, 0.25) is 21.8 Å². The second kappa shape index (κ2) is 12.8. The predicted molar refractivity (Wildman–Crippen MR) is 139 cm³/mol. The highest BCUT2D eigenvalue weighted by Crippen LogP contribution is 2.33. The Morgan fingerprint density at radius 3 is 2.46 bits per heavy atom. The highest BCUT2D eigenvalue weighted by Gasteiger charge is 2.31. The van der Waals surface area contributed by atoms with Gasteiger partial charge in [0, 0.05) is 18.1 Å². The first-order valence-corrected chi connectivity index (χ1v) is 13.6. The molecule has 0 aliphatic carbocycles. The summed E-state index contributed by atoms with van der Waals surface area (Å²) in [6, 6.07) is 11.3. The first-order chi connectivity index (χ1) is 16.5. The number of benzene rings is 2. The maximum atomic E-state index is 13.6. The number of hydrogen-bond acceptors (Lipinski definition) is 5. The van der Waals surface area contributed by atoms with Crippen molar-refractivity contribution in [2.24, 2.45) is 0 Å². The summed E-state index contributed by atoms with van der Waals surface area (Å²) >= 11 is 6.12. The van der Waals surface area contributed by atoms with E-state index in [1.54, 1.807) is 13.0 Å². The van der Waals surface area contributed by atoms with Crippen molar-refractivity contribution in [2.75, 3.05) is 30.8 Å². The van der Waals surface area contributed by atoms with Crippen molar-refractivity contribution in [3.05, 3.63) is 58.6 Å². The highest BCUT2D eigenvalue weighted by atomic mass is 35.5. The number of unbranched alkanes of at least 4 members (excludes halogenated alkanes) is 1. The molecule has 0 saturated heterocycles. The number of sulfonamides is 1. The highest BCUT2D eigenvalue weighted by molar-refractivity contribution is 7.92. The summed E-state index contributed by atoms with van der Waals surface area (Å²) in [7, 11) is -2.49. The Morgan fingerprint density at radius 1 is 1.17 bits per heavy atom. The summed E-state index contributed by atoms with van der Waals surface area (Å²) in [6.45, 7) is 5.71. The second-order valence-corrected chi connectivity index (χ2v) is 10.7. The first kappa shape index (κ1) is 28.5. The van der Waals surface area contributed by atoms with Crippen LogP contribution in [0.15, 0.2) is 42.5 Å². The van der Waals surface area contributed by atoms with E-state index in [1.807, 2.05) is 38.1 Å². The van der Waals surface area contributed by atoms with Gasteiger partial charge in [-0.2, -0.15) is 0 Å². The SMILES string of the molecule is CCCCNC(=O)[C@@H](C)N(Cc1ccccc1C)C(=O)CN(c1cc(Cl)ccc1OC)S(C)(=O)=O. The van der Waals surface area contributed by atoms with Crippen LogP contribution in [-0.2, 0) is 26.2 Å². The Hall–Kier alpha value is -2.78. The largest absolute Gasteiger partial charge is 0.495 e. The van der Waals surface area contributed by atoms with Crippen LogP contribution < -0.4 is 14.4 Å². The number of rotatable bonds is 12. The van der Waals surface area contributed by atoms with Gasteiger partial charge in [-0.05, 0) is 49.6 Å². The number of aryl methyl sites for hydroxylation is 1. The third kappa shape index (κ3) is 7.86. The molecule has 2 aromatic rings. The van der Waals surface area contributed by atoms with Gasteiger partial charge in [-0.15, -0.1) is 0 Å². The molecule has 2 rings (SSSR count). The van der Waals surface area contributed by atoms with Gasteiger partial charge in [-0.25, -0.2) is 8.42 Å². The average Bonchev–Trinajstić information content (AvgIpc) is 2.80. The zero-order valence-electron chi connectivity index (χ0n) is 20.9. The summed E-state index contributed by atoms with van der Waals surface area (Å²) in [5, 5.41) is 3.15. The number of ether oxygens (including phenoxy) is 1. The van der Waals surface area contributed by atoms with Gasteiger partial charge in [0.05, 0.1) is 19.1 Å². The number of amides is 2. The van der Waals surface area contributed by atoms with Crippen molar-refractivity contribution in [3.8, 4) is 5.75 Å². The van der Waals surface area contributed by atoms with E-state index in [9.17, 15) is 18.0 Å². The fraction of sp³-hybridized carbons (Fsp3) is 0.440. The maximum Gasteiger partial charge on any atom is 0.244 e. The van der Waals surface area contributed by atoms with Gasteiger partial charge in [0.25, 0.3) is 0 Å². The van der Waals surface area contributed by atoms with Crippen molar-refractivity contribution in [3.63, 3.8) is 0 Å². The standard InChI is InChI=1S/C25H34ClN3O5S/c1-6-7-14-27-25(31)19(3)28(16-20-11-9-8-10-18(20)2)24(30)17-29(35(5,32)33)22-15-21(26)12-13-23(22)34-4/h8-13,15,19H,6-7,14,16-17H2,1-5H3,(H,27,31)/t19-/m1/s1. The molecule has 192 valence electrons. The van der Waals surface area contributed by atoms with Gasteiger partial charge in [0.15, 0.2) is 0 Å². The molecule has 0 spiro atoms. The minimum Gasteiger partial charge on any atom is -0.495 e. The molecule has 0 bridgehead atoms. The van der Waals surface area contributed by atoms with Crippen molar-refractivity contribution in [1.82, 2.24) is 10.2 Å². The third-order valence-electron chi connectivity index (χ3n) is 5.69. The van der Waals surface area contributed by atoms with E-state index in [1.165, 1.54) is 24.1 Å². The minimum absolute atomic E-state index is 0.145. The summed E-state index contributed by atoms with van der Waals surface area (Å²) < 4.78 is 31.7. The van der Waals surface area contributed by atoms with E-state index in [2.05, 4.69) is 5.32 Å². The zero-order chi connectivity index (χ0) is 26.2. The Kier molecular flexibility index (Phi) is 10.4. The van der Waals surface area contributed by atoms with Crippen molar-refractivity contribution in [1.29, 1.82) is 0 Å². The lowest BCUT2D eigenvalue weighted by Gasteiger charge is -2.32. The maximum absolute atomic E-state index is 13.6. The Labute approximate surface area is 213 Å². The van der Waals surface area contributed by atoms with E-state index >= 15 is 0 Å². The van der Waals surface area contributed by atoms with Crippen molar-refractivity contribution in [2.45, 2.75) is 46.2 Å². The van der Waals surface area contributed by atoms with Crippen LogP contribution in [0, 0.1) is 6.92 Å². The number of carbonyl (C=O) groups is 2. The molecule has 0 radical (unpaired) electrons. The molecule has 0 aliphatic rings. The van der Waals surface area contributed by atoms with Crippen LogP contribution in [0.25, 0.3) is 0 Å². The number of hydrogen-bond donors (Lipinski definition) is 1. The number of anilines is 1. The van der Waals surface area contributed by atoms with Crippen molar-refractivity contribution < 1.29 is 22.7 Å². The normalized spacial score (nSPS) is 12.1. The van der Waals surface area contributed by atoms with Gasteiger partial charge < -0.3 is 15.0 Å². The summed E-state index contributed by atoms with van der Waals surface area (Å²) in [5.41, 5.74) is 1.97. The Bertz CT molecular complexity index is 1140. The lowest BCUT2D eigenvalue weighted by molar-refractivity contribution is -0.139. The van der Waals surface area contributed by atoms with Crippen LogP contribution in [-0.4, -0.2) is 57.6 Å². The molecular formula is C25H34ClN3O5S. The van der Waals surface area contributed by atoms with Crippen LogP contribution in [0.1, 0.15) is 37.8 Å². The Morgan fingerprint density at radius 2 is 1.86 bits per heavy atom. The second-order valence-electron chi connectivity index (χ2n) is 8.35. The van der Waals surface area contributed by atoms with Crippen LogP contribution in [0.4, 0.5) is 5.69 Å². The molecule has 0 fully saturated rings. The monoisotopic (exact) mass is 523 g/mol. The fourth-order valence-electron chi connectivity index (χ4n) is 3.54. The fourth-order valence-corrected chi connectivity index (χ4v) is 4.55. The summed E-state index contributed by atoms with van der Waals surface area (Å²) in [4.78, 5) is 27.9. The lowest BCUT2D eigenvalue weighted by atomic mass is 10.1. The zero-order valence-corrected chi connectivity index (χ0v) is 22.4. The molecule has 0 aromatic heterocycles. The molecule has 8 nitrogen and oxygen atoms in total. The van der Waals surface area contributed by atoms with E-state index in [0.29, 0.717) is 11.6 Å². The van der Waals surface area contributed by atoms with Crippen LogP contribution in [0.3, 0.4) is 0 Å². The third-order valence-corrected chi connectivity index (χ3v) is 7.05. The van der Waals surface area contributed by atoms with Crippen LogP contribution >= 0.6 is 11.6 Å². The summed E-state index contributed by atoms with van der Waals surface area (Å²) in [5.74, 6) is -0.575. The topological polar surface area (TPSA) is 96.0 Å². The average molecular weight is 524 g/mol. The van der Waals surface area contributed by atoms with Gasteiger partial charge in [-0.1, -0.05) is 49.2 Å². The van der Waals surface area contributed by atoms with Gasteiger partial charge in [-0.3, -0.25) is 13.9 Å². The van der Waals surface area contributed by atoms with Crippen molar-refractivity contribution >= 4 is 39.1 Å². The molecule has 0 aliphatic heterocycles. The van der Waals surface area contributed by atoms with E-state index < -0.39 is 28.5 Å². The molecule has 0 heterocycles. The molecule has 0 saturated carbocycles. The molecule has 1 atom stereocenters. The van der Waals surface area contributed by atoms with Crippen LogP contribution in [0.5, 0.6) is 5.75 Å². The number of methoxy groups -OCH3 is 1. The Balaban J connectivity index is 2.43. The molecule has 1 N–H and O–H groups in total. The minimum atomic E-state index is -3.89. The van der Waals surface area contributed by atoms with Crippen LogP contribution in [0.2, 0.25) is 5.02 Å². The first-order valence-electron chi connectivity index (χ1n) is 11.4. The molecule has 35 heavy (non-hydrogen) atoms. The van der Waals surface area contributed by atoms with Gasteiger partial charge in [0.1, 0.15) is 18.3 Å². The molecule has 10 heteroatoms. The number of nitrogens with zero attached hydrogens (tertiary/aromatic N) is 2. The van der Waals surface area contributed by atoms with Gasteiger partial charge >= 0.3 is 0 Å². The molecule has 2 aromatic carbocycles. The van der Waals surface area contributed by atoms with E-state index in [-0.39, 0.29) is 23.9 Å². The smallest absolute Gasteiger partial charge is 0.244 e. The molecular weight excluding hydrogens is 490 g/mol.